The minimum Gasteiger partial charge on any atom is -0.467 e. The highest BCUT2D eigenvalue weighted by molar-refractivity contribution is 6.31. The number of carbonyl (C=O) groups is 2. The van der Waals surface area contributed by atoms with E-state index < -0.39 is 24.2 Å². The van der Waals surface area contributed by atoms with E-state index in [1.807, 2.05) is 25.1 Å². The number of amides is 1. The van der Waals surface area contributed by atoms with E-state index in [0.717, 1.165) is 12.0 Å². The number of esters is 1. The number of cyclic esters (lactones) is 1. The van der Waals surface area contributed by atoms with Gasteiger partial charge in [0.15, 0.2) is 6.04 Å². The summed E-state index contributed by atoms with van der Waals surface area (Å²) < 4.78 is 10.1. The number of carbonyl (C=O) groups excluding carboxylic acids is 2. The van der Waals surface area contributed by atoms with Crippen molar-refractivity contribution in [1.29, 1.82) is 0 Å². The number of hydrogen-bond acceptors (Lipinski definition) is 4. The molecule has 1 amide bonds. The fourth-order valence-electron chi connectivity index (χ4n) is 2.45. The predicted molar refractivity (Wildman–Crippen MR) is 78.0 cm³/mol. The van der Waals surface area contributed by atoms with Crippen LogP contribution in [0.1, 0.15) is 25.3 Å². The molecule has 1 aliphatic rings. The van der Waals surface area contributed by atoms with Crippen LogP contribution in [0.25, 0.3) is 0 Å². The highest BCUT2D eigenvalue weighted by Crippen LogP contribution is 2.28. The van der Waals surface area contributed by atoms with Gasteiger partial charge in [0, 0.05) is 5.02 Å². The number of rotatable bonds is 5. The van der Waals surface area contributed by atoms with Gasteiger partial charge in [0.1, 0.15) is 6.10 Å². The number of halogens is 1. The zero-order valence-electron chi connectivity index (χ0n) is 12.0. The fraction of sp³-hybridized carbons (Fsp3) is 0.467. The van der Waals surface area contributed by atoms with Gasteiger partial charge >= 0.3 is 12.1 Å². The Morgan fingerprint density at radius 2 is 2.14 bits per heavy atom. The van der Waals surface area contributed by atoms with Gasteiger partial charge in [-0.25, -0.2) is 9.59 Å². The molecule has 5 nitrogen and oxygen atoms in total. The molecular formula is C15H18ClNO4. The zero-order chi connectivity index (χ0) is 15.4. The van der Waals surface area contributed by atoms with Crippen molar-refractivity contribution in [2.24, 2.45) is 0 Å². The molecule has 0 N–H and O–H groups in total. The Hall–Kier alpha value is -1.75. The maximum atomic E-state index is 12.1. The summed E-state index contributed by atoms with van der Waals surface area (Å²) >= 11 is 6.11. The number of nitrogens with zero attached hydrogens (tertiary/aromatic N) is 1. The Kier molecular flexibility index (Phi) is 5.07. The molecule has 0 aromatic heterocycles. The van der Waals surface area contributed by atoms with Crippen LogP contribution in [0.3, 0.4) is 0 Å². The molecule has 0 spiro atoms. The predicted octanol–water partition coefficient (Wildman–Crippen LogP) is 3.00. The average Bonchev–Trinajstić information content (AvgIpc) is 2.77. The third kappa shape index (κ3) is 3.29. The first kappa shape index (κ1) is 15.6. The van der Waals surface area contributed by atoms with Crippen molar-refractivity contribution in [3.05, 3.63) is 34.9 Å². The molecule has 6 heteroatoms. The van der Waals surface area contributed by atoms with E-state index in [1.54, 1.807) is 6.07 Å². The van der Waals surface area contributed by atoms with Gasteiger partial charge in [-0.15, -0.1) is 0 Å². The monoisotopic (exact) mass is 311 g/mol. The molecule has 0 bridgehead atoms. The van der Waals surface area contributed by atoms with Crippen molar-refractivity contribution in [2.75, 3.05) is 7.11 Å². The molecule has 1 aromatic carbocycles. The van der Waals surface area contributed by atoms with Crippen LogP contribution in [0.5, 0.6) is 0 Å². The van der Waals surface area contributed by atoms with Crippen LogP contribution in [0.4, 0.5) is 4.79 Å². The summed E-state index contributed by atoms with van der Waals surface area (Å²) in [5, 5.41) is 0.549. The van der Waals surface area contributed by atoms with Gasteiger partial charge in [-0.2, -0.15) is 0 Å². The highest BCUT2D eigenvalue weighted by Gasteiger charge is 2.46. The normalized spacial score (nSPS) is 21.3. The van der Waals surface area contributed by atoms with Crippen LogP contribution >= 0.6 is 11.6 Å². The number of benzene rings is 1. The van der Waals surface area contributed by atoms with E-state index >= 15 is 0 Å². The largest absolute Gasteiger partial charge is 0.467 e. The summed E-state index contributed by atoms with van der Waals surface area (Å²) in [6.45, 7) is 2.19. The Labute approximate surface area is 128 Å². The molecule has 2 atom stereocenters. The van der Waals surface area contributed by atoms with Gasteiger partial charge in [-0.05, 0) is 18.1 Å². The molecule has 1 fully saturated rings. The molecular weight excluding hydrogens is 294 g/mol. The standard InChI is InChI=1S/C15H18ClNO4/c1-3-6-12-13(14(18)20-2)17(15(19)21-12)9-10-7-4-5-8-11(10)16/h4-5,7-8,12-13H,3,6,9H2,1-2H3/t12-,13+/m0/s1. The molecule has 1 saturated heterocycles. The van der Waals surface area contributed by atoms with Gasteiger partial charge in [0.25, 0.3) is 0 Å². The van der Waals surface area contributed by atoms with Crippen molar-refractivity contribution in [3.8, 4) is 0 Å². The van der Waals surface area contributed by atoms with E-state index in [4.69, 9.17) is 21.1 Å². The Balaban J connectivity index is 2.24. The van der Waals surface area contributed by atoms with E-state index in [2.05, 4.69) is 0 Å². The summed E-state index contributed by atoms with van der Waals surface area (Å²) in [7, 11) is 1.31. The van der Waals surface area contributed by atoms with Crippen LogP contribution in [-0.2, 0) is 20.8 Å². The second-order valence-electron chi connectivity index (χ2n) is 4.90. The van der Waals surface area contributed by atoms with Gasteiger partial charge in [0.05, 0.1) is 13.7 Å². The average molecular weight is 312 g/mol. The van der Waals surface area contributed by atoms with E-state index in [0.29, 0.717) is 11.4 Å². The van der Waals surface area contributed by atoms with Gasteiger partial charge in [0.2, 0.25) is 0 Å². The summed E-state index contributed by atoms with van der Waals surface area (Å²) in [5.41, 5.74) is 0.766. The minimum atomic E-state index is -0.723. The van der Waals surface area contributed by atoms with E-state index in [9.17, 15) is 9.59 Å². The summed E-state index contributed by atoms with van der Waals surface area (Å²) in [6, 6.07) is 6.48. The Morgan fingerprint density at radius 1 is 1.43 bits per heavy atom. The first-order valence-electron chi connectivity index (χ1n) is 6.87. The quantitative estimate of drug-likeness (QED) is 0.784. The van der Waals surface area contributed by atoms with Crippen LogP contribution in [0.2, 0.25) is 5.02 Å². The topological polar surface area (TPSA) is 55.8 Å². The highest BCUT2D eigenvalue weighted by atomic mass is 35.5. The molecule has 0 aliphatic carbocycles. The lowest BCUT2D eigenvalue weighted by Crippen LogP contribution is -2.43. The number of ether oxygens (including phenoxy) is 2. The molecule has 2 rings (SSSR count). The molecule has 1 heterocycles. The van der Waals surface area contributed by atoms with E-state index in [-0.39, 0.29) is 6.54 Å². The summed E-state index contributed by atoms with van der Waals surface area (Å²) in [4.78, 5) is 25.4. The second kappa shape index (κ2) is 6.80. The van der Waals surface area contributed by atoms with Crippen molar-refractivity contribution >= 4 is 23.7 Å². The molecule has 21 heavy (non-hydrogen) atoms. The van der Waals surface area contributed by atoms with E-state index in [1.165, 1.54) is 12.0 Å². The molecule has 0 radical (unpaired) electrons. The first-order chi connectivity index (χ1) is 10.1. The van der Waals surface area contributed by atoms with Gasteiger partial charge in [-0.3, -0.25) is 4.90 Å². The molecule has 1 aliphatic heterocycles. The van der Waals surface area contributed by atoms with Crippen molar-refractivity contribution in [1.82, 2.24) is 4.90 Å². The second-order valence-corrected chi connectivity index (χ2v) is 5.31. The third-order valence-electron chi connectivity index (χ3n) is 3.49. The first-order valence-corrected chi connectivity index (χ1v) is 7.24. The van der Waals surface area contributed by atoms with Crippen LogP contribution in [-0.4, -0.2) is 36.2 Å². The van der Waals surface area contributed by atoms with Gasteiger partial charge in [-0.1, -0.05) is 43.1 Å². The van der Waals surface area contributed by atoms with Crippen LogP contribution in [0, 0.1) is 0 Å². The Bertz CT molecular complexity index is 534. The van der Waals surface area contributed by atoms with Gasteiger partial charge < -0.3 is 9.47 Å². The van der Waals surface area contributed by atoms with Crippen molar-refractivity contribution in [2.45, 2.75) is 38.5 Å². The maximum absolute atomic E-state index is 12.1. The lowest BCUT2D eigenvalue weighted by atomic mass is 10.1. The van der Waals surface area contributed by atoms with Crippen molar-refractivity contribution in [3.63, 3.8) is 0 Å². The zero-order valence-corrected chi connectivity index (χ0v) is 12.8. The fourth-order valence-corrected chi connectivity index (χ4v) is 2.65. The third-order valence-corrected chi connectivity index (χ3v) is 3.86. The lowest BCUT2D eigenvalue weighted by Gasteiger charge is -2.22. The smallest absolute Gasteiger partial charge is 0.411 e. The van der Waals surface area contributed by atoms with Crippen LogP contribution < -0.4 is 0 Å². The molecule has 1 aromatic rings. The molecule has 114 valence electrons. The summed E-state index contributed by atoms with van der Waals surface area (Å²) in [6.07, 6.45) is 0.441. The minimum absolute atomic E-state index is 0.221. The number of hydrogen-bond donors (Lipinski definition) is 0. The van der Waals surface area contributed by atoms with Crippen LogP contribution in [0.15, 0.2) is 24.3 Å². The number of methoxy groups -OCH3 is 1. The Morgan fingerprint density at radius 3 is 2.76 bits per heavy atom. The molecule has 0 saturated carbocycles. The SMILES string of the molecule is CCC[C@@H]1OC(=O)N(Cc2ccccc2Cl)[C@H]1C(=O)OC. The lowest BCUT2D eigenvalue weighted by molar-refractivity contribution is -0.146. The van der Waals surface area contributed by atoms with Crippen molar-refractivity contribution < 1.29 is 19.1 Å². The maximum Gasteiger partial charge on any atom is 0.411 e. The molecule has 0 unspecified atom stereocenters. The summed E-state index contributed by atoms with van der Waals surface area (Å²) in [5.74, 6) is -0.466.